The topological polar surface area (TPSA) is 71.1 Å². The normalized spacial score (nSPS) is 11.6. The SMILES string of the molecule is CNc1cccnc1S(=O)(=O)NCc1cc(C)c(C)s1. The monoisotopic (exact) mass is 311 g/mol. The van der Waals surface area contributed by atoms with E-state index in [9.17, 15) is 8.42 Å². The summed E-state index contributed by atoms with van der Waals surface area (Å²) in [6.45, 7) is 4.32. The van der Waals surface area contributed by atoms with Gasteiger partial charge in [-0.1, -0.05) is 0 Å². The molecule has 2 aromatic rings. The van der Waals surface area contributed by atoms with Crippen molar-refractivity contribution in [3.8, 4) is 0 Å². The van der Waals surface area contributed by atoms with Gasteiger partial charge in [-0.05, 0) is 37.6 Å². The van der Waals surface area contributed by atoms with Crippen LogP contribution in [0.3, 0.4) is 0 Å². The van der Waals surface area contributed by atoms with Crippen LogP contribution in [0.1, 0.15) is 15.3 Å². The largest absolute Gasteiger partial charge is 0.386 e. The lowest BCUT2D eigenvalue weighted by molar-refractivity contribution is 0.578. The van der Waals surface area contributed by atoms with E-state index in [-0.39, 0.29) is 11.6 Å². The van der Waals surface area contributed by atoms with Gasteiger partial charge >= 0.3 is 0 Å². The second-order valence-electron chi connectivity index (χ2n) is 4.38. The lowest BCUT2D eigenvalue weighted by Gasteiger charge is -2.09. The third-order valence-electron chi connectivity index (χ3n) is 2.95. The summed E-state index contributed by atoms with van der Waals surface area (Å²) < 4.78 is 27.1. The predicted molar refractivity (Wildman–Crippen MR) is 81.6 cm³/mol. The summed E-state index contributed by atoms with van der Waals surface area (Å²) >= 11 is 1.60. The number of hydrogen-bond acceptors (Lipinski definition) is 5. The molecule has 2 aromatic heterocycles. The molecule has 0 spiro atoms. The van der Waals surface area contributed by atoms with Crippen molar-refractivity contribution < 1.29 is 8.42 Å². The Balaban J connectivity index is 2.19. The number of rotatable bonds is 5. The maximum Gasteiger partial charge on any atom is 0.260 e. The predicted octanol–water partition coefficient (Wildman–Crippen LogP) is 2.28. The van der Waals surface area contributed by atoms with Gasteiger partial charge in [0.15, 0.2) is 5.03 Å². The fourth-order valence-corrected chi connectivity index (χ4v) is 3.99. The molecule has 7 heteroatoms. The van der Waals surface area contributed by atoms with Crippen LogP contribution in [-0.2, 0) is 16.6 Å². The lowest BCUT2D eigenvalue weighted by atomic mass is 10.3. The molecule has 2 rings (SSSR count). The zero-order valence-corrected chi connectivity index (χ0v) is 13.2. The second-order valence-corrected chi connectivity index (χ2v) is 7.41. The molecule has 0 radical (unpaired) electrons. The minimum absolute atomic E-state index is 0.0208. The molecule has 0 aliphatic heterocycles. The minimum atomic E-state index is -3.62. The average molecular weight is 311 g/mol. The van der Waals surface area contributed by atoms with Crippen LogP contribution >= 0.6 is 11.3 Å². The van der Waals surface area contributed by atoms with Crippen LogP contribution in [0, 0.1) is 13.8 Å². The number of aryl methyl sites for hydroxylation is 2. The number of anilines is 1. The van der Waals surface area contributed by atoms with Gasteiger partial charge in [-0.3, -0.25) is 0 Å². The van der Waals surface area contributed by atoms with E-state index < -0.39 is 10.0 Å². The van der Waals surface area contributed by atoms with Crippen molar-refractivity contribution in [3.63, 3.8) is 0 Å². The van der Waals surface area contributed by atoms with Gasteiger partial charge in [0, 0.05) is 29.5 Å². The Morgan fingerprint density at radius 3 is 2.70 bits per heavy atom. The highest BCUT2D eigenvalue weighted by Gasteiger charge is 2.19. The molecular weight excluding hydrogens is 294 g/mol. The van der Waals surface area contributed by atoms with Crippen LogP contribution in [0.4, 0.5) is 5.69 Å². The summed E-state index contributed by atoms with van der Waals surface area (Å²) in [6.07, 6.45) is 1.47. The smallest absolute Gasteiger partial charge is 0.260 e. The molecule has 0 atom stereocenters. The quantitative estimate of drug-likeness (QED) is 0.888. The number of pyridine rings is 1. The van der Waals surface area contributed by atoms with Crippen molar-refractivity contribution in [1.82, 2.24) is 9.71 Å². The summed E-state index contributed by atoms with van der Waals surface area (Å²) in [5, 5.41) is 2.85. The van der Waals surface area contributed by atoms with E-state index in [1.54, 1.807) is 30.5 Å². The number of sulfonamides is 1. The highest BCUT2D eigenvalue weighted by molar-refractivity contribution is 7.89. The molecule has 0 unspecified atom stereocenters. The number of hydrogen-bond donors (Lipinski definition) is 2. The van der Waals surface area contributed by atoms with Crippen molar-refractivity contribution in [2.24, 2.45) is 0 Å². The Bertz CT molecular complexity index is 689. The standard InChI is InChI=1S/C13H17N3O2S2/c1-9-7-11(19-10(9)2)8-16-20(17,18)13-12(14-3)5-4-6-15-13/h4-7,14,16H,8H2,1-3H3. The molecule has 20 heavy (non-hydrogen) atoms. The fourth-order valence-electron chi connectivity index (χ4n) is 1.77. The van der Waals surface area contributed by atoms with E-state index in [2.05, 4.69) is 15.0 Å². The molecule has 0 amide bonds. The third-order valence-corrected chi connectivity index (χ3v) is 5.46. The van der Waals surface area contributed by atoms with Gasteiger partial charge in [0.1, 0.15) is 0 Å². The summed E-state index contributed by atoms with van der Waals surface area (Å²) in [4.78, 5) is 6.14. The highest BCUT2D eigenvalue weighted by atomic mass is 32.2. The summed E-state index contributed by atoms with van der Waals surface area (Å²) in [5.74, 6) is 0. The molecular formula is C13H17N3O2S2. The zero-order valence-electron chi connectivity index (χ0n) is 11.6. The zero-order chi connectivity index (χ0) is 14.8. The van der Waals surface area contributed by atoms with Crippen molar-refractivity contribution >= 4 is 27.0 Å². The van der Waals surface area contributed by atoms with E-state index in [4.69, 9.17) is 0 Å². The van der Waals surface area contributed by atoms with Crippen molar-refractivity contribution in [2.45, 2.75) is 25.4 Å². The van der Waals surface area contributed by atoms with Crippen LogP contribution in [0.25, 0.3) is 0 Å². The molecule has 0 aliphatic rings. The molecule has 0 aliphatic carbocycles. The Labute approximate surface area is 123 Å². The van der Waals surface area contributed by atoms with Gasteiger partial charge in [-0.2, -0.15) is 0 Å². The molecule has 0 saturated carbocycles. The van der Waals surface area contributed by atoms with Gasteiger partial charge in [0.25, 0.3) is 10.0 Å². The van der Waals surface area contributed by atoms with Crippen LogP contribution in [0.15, 0.2) is 29.4 Å². The molecule has 108 valence electrons. The van der Waals surface area contributed by atoms with Gasteiger partial charge in [0.2, 0.25) is 0 Å². The van der Waals surface area contributed by atoms with Gasteiger partial charge in [-0.25, -0.2) is 18.1 Å². The maximum atomic E-state index is 12.3. The van der Waals surface area contributed by atoms with Crippen LogP contribution < -0.4 is 10.0 Å². The minimum Gasteiger partial charge on any atom is -0.386 e. The lowest BCUT2D eigenvalue weighted by Crippen LogP contribution is -2.24. The van der Waals surface area contributed by atoms with E-state index in [1.165, 1.54) is 16.6 Å². The van der Waals surface area contributed by atoms with E-state index in [0.717, 1.165) is 4.88 Å². The molecule has 2 heterocycles. The first kappa shape index (κ1) is 15.0. The Hall–Kier alpha value is -1.44. The molecule has 0 fully saturated rings. The molecule has 0 bridgehead atoms. The summed E-state index contributed by atoms with van der Waals surface area (Å²) in [6, 6.07) is 5.37. The summed E-state index contributed by atoms with van der Waals surface area (Å²) in [7, 11) is -1.95. The van der Waals surface area contributed by atoms with Gasteiger partial charge in [-0.15, -0.1) is 11.3 Å². The van der Waals surface area contributed by atoms with Crippen LogP contribution in [0.2, 0.25) is 0 Å². The highest BCUT2D eigenvalue weighted by Crippen LogP contribution is 2.22. The van der Waals surface area contributed by atoms with Gasteiger partial charge < -0.3 is 5.32 Å². The number of aromatic nitrogens is 1. The maximum absolute atomic E-state index is 12.3. The Morgan fingerprint density at radius 2 is 2.10 bits per heavy atom. The molecule has 2 N–H and O–H groups in total. The summed E-state index contributed by atoms with van der Waals surface area (Å²) in [5.41, 5.74) is 1.66. The number of thiophene rings is 1. The first-order valence-corrected chi connectivity index (χ1v) is 8.42. The second kappa shape index (κ2) is 5.90. The molecule has 0 aromatic carbocycles. The first-order chi connectivity index (χ1) is 9.44. The van der Waals surface area contributed by atoms with Gasteiger partial charge in [0.05, 0.1) is 5.69 Å². The van der Waals surface area contributed by atoms with Crippen LogP contribution in [0.5, 0.6) is 0 Å². The van der Waals surface area contributed by atoms with Crippen molar-refractivity contribution in [1.29, 1.82) is 0 Å². The Kier molecular flexibility index (Phi) is 4.42. The average Bonchev–Trinajstić information content (AvgIpc) is 2.76. The number of nitrogens with zero attached hydrogens (tertiary/aromatic N) is 1. The van der Waals surface area contributed by atoms with E-state index in [0.29, 0.717) is 5.69 Å². The van der Waals surface area contributed by atoms with E-state index in [1.807, 2.05) is 19.9 Å². The number of nitrogens with one attached hydrogen (secondary N) is 2. The molecule has 5 nitrogen and oxygen atoms in total. The van der Waals surface area contributed by atoms with Crippen molar-refractivity contribution in [3.05, 3.63) is 39.7 Å². The Morgan fingerprint density at radius 1 is 1.35 bits per heavy atom. The van der Waals surface area contributed by atoms with Crippen molar-refractivity contribution in [2.75, 3.05) is 12.4 Å². The fraction of sp³-hybridized carbons (Fsp3) is 0.308. The van der Waals surface area contributed by atoms with E-state index >= 15 is 0 Å². The van der Waals surface area contributed by atoms with Crippen LogP contribution in [-0.4, -0.2) is 20.4 Å². The first-order valence-electron chi connectivity index (χ1n) is 6.12. The molecule has 0 saturated heterocycles. The third kappa shape index (κ3) is 3.17.